The smallest absolute Gasteiger partial charge is 0.369 e. The molecule has 158 valence electrons. The third-order valence-corrected chi connectivity index (χ3v) is 5.36. The topological polar surface area (TPSA) is 56.1 Å². The molecule has 0 spiro atoms. The Balaban J connectivity index is 1.59. The number of nitriles is 1. The molecule has 30 heavy (non-hydrogen) atoms. The number of nitrogens with zero attached hydrogens (tertiary/aromatic N) is 2. The predicted octanol–water partition coefficient (Wildman–Crippen LogP) is 4.81. The molecule has 0 bridgehead atoms. The predicted molar refractivity (Wildman–Crippen MR) is 104 cm³/mol. The minimum atomic E-state index is -4.44. The molecular formula is C22H21F4N3O. The van der Waals surface area contributed by atoms with E-state index in [0.29, 0.717) is 37.2 Å². The van der Waals surface area contributed by atoms with Gasteiger partial charge in [-0.05, 0) is 55.7 Å². The van der Waals surface area contributed by atoms with Crippen molar-refractivity contribution in [2.75, 3.05) is 18.0 Å². The number of piperidine rings is 1. The Morgan fingerprint density at radius 1 is 1.20 bits per heavy atom. The SMILES string of the molecule is CC(NC(=O)C1CCN(c2ccc(C#N)cc2F)CC1)c1cccc(C(F)(F)F)c1. The number of rotatable bonds is 4. The number of carbonyl (C=O) groups is 1. The van der Waals surface area contributed by atoms with E-state index < -0.39 is 23.6 Å². The third kappa shape index (κ3) is 4.90. The molecule has 0 aliphatic carbocycles. The van der Waals surface area contributed by atoms with Crippen molar-refractivity contribution in [2.45, 2.75) is 32.0 Å². The maximum Gasteiger partial charge on any atom is 0.416 e. The number of carbonyl (C=O) groups excluding carboxylic acids is 1. The molecule has 2 aromatic carbocycles. The second-order valence-corrected chi connectivity index (χ2v) is 7.39. The molecule has 1 atom stereocenters. The fourth-order valence-corrected chi connectivity index (χ4v) is 3.61. The fraction of sp³-hybridized carbons (Fsp3) is 0.364. The molecule has 0 radical (unpaired) electrons. The van der Waals surface area contributed by atoms with Gasteiger partial charge in [-0.15, -0.1) is 0 Å². The van der Waals surface area contributed by atoms with E-state index in [1.165, 1.54) is 12.1 Å². The average molecular weight is 419 g/mol. The molecule has 0 saturated carbocycles. The van der Waals surface area contributed by atoms with Gasteiger partial charge in [0.25, 0.3) is 0 Å². The Kier molecular flexibility index (Phi) is 6.30. The minimum Gasteiger partial charge on any atom is -0.369 e. The van der Waals surface area contributed by atoms with E-state index in [2.05, 4.69) is 5.32 Å². The minimum absolute atomic E-state index is 0.222. The van der Waals surface area contributed by atoms with E-state index in [1.807, 2.05) is 11.0 Å². The zero-order valence-corrected chi connectivity index (χ0v) is 16.3. The Labute approximate surface area is 172 Å². The first-order valence-electron chi connectivity index (χ1n) is 9.61. The second-order valence-electron chi connectivity index (χ2n) is 7.39. The molecule has 1 saturated heterocycles. The van der Waals surface area contributed by atoms with Crippen molar-refractivity contribution >= 4 is 11.6 Å². The first-order valence-corrected chi connectivity index (χ1v) is 9.61. The number of nitrogens with one attached hydrogen (secondary N) is 1. The monoisotopic (exact) mass is 419 g/mol. The highest BCUT2D eigenvalue weighted by Crippen LogP contribution is 2.31. The third-order valence-electron chi connectivity index (χ3n) is 5.36. The van der Waals surface area contributed by atoms with E-state index in [4.69, 9.17) is 5.26 Å². The van der Waals surface area contributed by atoms with Crippen LogP contribution in [-0.2, 0) is 11.0 Å². The first-order chi connectivity index (χ1) is 14.2. The van der Waals surface area contributed by atoms with Crippen molar-refractivity contribution in [1.82, 2.24) is 5.32 Å². The van der Waals surface area contributed by atoms with Crippen LogP contribution in [0.1, 0.15) is 42.5 Å². The highest BCUT2D eigenvalue weighted by atomic mass is 19.4. The molecule has 1 aliphatic heterocycles. The van der Waals surface area contributed by atoms with E-state index in [-0.39, 0.29) is 17.4 Å². The highest BCUT2D eigenvalue weighted by molar-refractivity contribution is 5.79. The summed E-state index contributed by atoms with van der Waals surface area (Å²) in [6.07, 6.45) is -3.44. The molecule has 0 aromatic heterocycles. The van der Waals surface area contributed by atoms with Gasteiger partial charge in [0.1, 0.15) is 5.82 Å². The molecule has 2 aromatic rings. The van der Waals surface area contributed by atoms with Gasteiger partial charge >= 0.3 is 6.18 Å². The Morgan fingerprint density at radius 2 is 1.90 bits per heavy atom. The fourth-order valence-electron chi connectivity index (χ4n) is 3.61. The Morgan fingerprint density at radius 3 is 2.50 bits per heavy atom. The van der Waals surface area contributed by atoms with Gasteiger partial charge in [-0.3, -0.25) is 4.79 Å². The summed E-state index contributed by atoms with van der Waals surface area (Å²) >= 11 is 0. The Bertz CT molecular complexity index is 960. The van der Waals surface area contributed by atoms with Crippen LogP contribution in [0.15, 0.2) is 42.5 Å². The maximum absolute atomic E-state index is 14.2. The number of amides is 1. The lowest BCUT2D eigenvalue weighted by Crippen LogP contribution is -2.41. The molecule has 4 nitrogen and oxygen atoms in total. The molecule has 1 amide bonds. The van der Waals surface area contributed by atoms with Crippen LogP contribution in [-0.4, -0.2) is 19.0 Å². The lowest BCUT2D eigenvalue weighted by atomic mass is 9.94. The van der Waals surface area contributed by atoms with Crippen molar-refractivity contribution in [1.29, 1.82) is 5.26 Å². The average Bonchev–Trinajstić information content (AvgIpc) is 2.73. The first kappa shape index (κ1) is 21.6. The van der Waals surface area contributed by atoms with Gasteiger partial charge in [-0.1, -0.05) is 12.1 Å². The summed E-state index contributed by atoms with van der Waals surface area (Å²) in [5, 5.41) is 11.6. The standard InChI is InChI=1S/C22H21F4N3O/c1-14(17-3-2-4-18(12-17)22(24,25)26)28-21(30)16-7-9-29(10-8-16)20-6-5-15(13-27)11-19(20)23/h2-6,11-12,14,16H,7-10H2,1H3,(H,28,30). The van der Waals surface area contributed by atoms with Crippen molar-refractivity contribution < 1.29 is 22.4 Å². The van der Waals surface area contributed by atoms with Crippen LogP contribution in [0.3, 0.4) is 0 Å². The quantitative estimate of drug-likeness (QED) is 0.724. The van der Waals surface area contributed by atoms with E-state index in [1.54, 1.807) is 25.1 Å². The van der Waals surface area contributed by atoms with Gasteiger partial charge in [-0.25, -0.2) is 4.39 Å². The molecule has 1 N–H and O–H groups in total. The van der Waals surface area contributed by atoms with Crippen LogP contribution in [0.2, 0.25) is 0 Å². The van der Waals surface area contributed by atoms with Gasteiger partial charge in [0.2, 0.25) is 5.91 Å². The van der Waals surface area contributed by atoms with Gasteiger partial charge in [0.15, 0.2) is 0 Å². The van der Waals surface area contributed by atoms with Crippen LogP contribution in [0.25, 0.3) is 0 Å². The number of hydrogen-bond acceptors (Lipinski definition) is 3. The summed E-state index contributed by atoms with van der Waals surface area (Å²) in [4.78, 5) is 14.4. The second kappa shape index (κ2) is 8.74. The Hall–Kier alpha value is -3.08. The molecule has 1 aliphatic rings. The van der Waals surface area contributed by atoms with Crippen LogP contribution in [0, 0.1) is 23.1 Å². The largest absolute Gasteiger partial charge is 0.416 e. The number of hydrogen-bond donors (Lipinski definition) is 1. The van der Waals surface area contributed by atoms with Gasteiger partial charge < -0.3 is 10.2 Å². The highest BCUT2D eigenvalue weighted by Gasteiger charge is 2.31. The maximum atomic E-state index is 14.2. The molecule has 8 heteroatoms. The van der Waals surface area contributed by atoms with E-state index in [9.17, 15) is 22.4 Å². The zero-order valence-electron chi connectivity index (χ0n) is 16.3. The lowest BCUT2D eigenvalue weighted by molar-refractivity contribution is -0.137. The van der Waals surface area contributed by atoms with Crippen molar-refractivity contribution in [2.24, 2.45) is 5.92 Å². The van der Waals surface area contributed by atoms with Crippen LogP contribution in [0.4, 0.5) is 23.2 Å². The zero-order chi connectivity index (χ0) is 21.9. The van der Waals surface area contributed by atoms with Crippen LogP contribution >= 0.6 is 0 Å². The van der Waals surface area contributed by atoms with Gasteiger partial charge in [-0.2, -0.15) is 18.4 Å². The van der Waals surface area contributed by atoms with Crippen molar-refractivity contribution in [3.05, 3.63) is 65.0 Å². The summed E-state index contributed by atoms with van der Waals surface area (Å²) in [5.41, 5.74) is 0.272. The molecule has 1 unspecified atom stereocenters. The molecule has 1 fully saturated rings. The lowest BCUT2D eigenvalue weighted by Gasteiger charge is -2.33. The number of benzene rings is 2. The van der Waals surface area contributed by atoms with Crippen molar-refractivity contribution in [3.8, 4) is 6.07 Å². The van der Waals surface area contributed by atoms with Crippen LogP contribution in [0.5, 0.6) is 0 Å². The van der Waals surface area contributed by atoms with Crippen LogP contribution < -0.4 is 10.2 Å². The van der Waals surface area contributed by atoms with Crippen molar-refractivity contribution in [3.63, 3.8) is 0 Å². The van der Waals surface area contributed by atoms with Gasteiger partial charge in [0.05, 0.1) is 28.9 Å². The molecule has 3 rings (SSSR count). The van der Waals surface area contributed by atoms with E-state index >= 15 is 0 Å². The van der Waals surface area contributed by atoms with Gasteiger partial charge in [0, 0.05) is 19.0 Å². The number of halogens is 4. The summed E-state index contributed by atoms with van der Waals surface area (Å²) in [7, 11) is 0. The summed E-state index contributed by atoms with van der Waals surface area (Å²) in [6, 6.07) is 10.5. The number of anilines is 1. The molecular weight excluding hydrogens is 398 g/mol. The summed E-state index contributed by atoms with van der Waals surface area (Å²) in [5.74, 6) is -0.995. The number of alkyl halides is 3. The normalized spacial score (nSPS) is 16.1. The van der Waals surface area contributed by atoms with E-state index in [0.717, 1.165) is 12.1 Å². The summed E-state index contributed by atoms with van der Waals surface area (Å²) < 4.78 is 52.9. The molecule has 1 heterocycles. The summed E-state index contributed by atoms with van der Waals surface area (Å²) in [6.45, 7) is 2.59.